The summed E-state index contributed by atoms with van der Waals surface area (Å²) in [5.41, 5.74) is 3.48. The van der Waals surface area contributed by atoms with E-state index in [-0.39, 0.29) is 11.9 Å². The van der Waals surface area contributed by atoms with E-state index in [1.165, 1.54) is 0 Å². The van der Waals surface area contributed by atoms with E-state index in [2.05, 4.69) is 31.3 Å². The molecule has 4 heterocycles. The van der Waals surface area contributed by atoms with Gasteiger partial charge in [-0.25, -0.2) is 4.98 Å². The molecule has 0 spiro atoms. The fourth-order valence-corrected chi connectivity index (χ4v) is 4.30. The third-order valence-electron chi connectivity index (χ3n) is 5.30. The summed E-state index contributed by atoms with van der Waals surface area (Å²) in [4.78, 5) is 18.1. The second-order valence-corrected chi connectivity index (χ2v) is 8.20. The standard InChI is InChI=1S/C22H19BrN4O3/c1-12-20-15(11-17(19-4-3-8-29-19)24-21(20)27(2)26-12)22(28)25-16-7-9-30-18-6-5-13(23)10-14(16)18/h3-6,8,10-11,16H,7,9H2,1-2H3,(H,25,28). The molecule has 1 aliphatic heterocycles. The topological polar surface area (TPSA) is 82.2 Å². The van der Waals surface area contributed by atoms with E-state index >= 15 is 0 Å². The molecule has 7 nitrogen and oxygen atoms in total. The number of furan rings is 1. The number of carbonyl (C=O) groups is 1. The lowest BCUT2D eigenvalue weighted by atomic mass is 9.99. The zero-order valence-electron chi connectivity index (χ0n) is 16.5. The Kier molecular flexibility index (Phi) is 4.58. The van der Waals surface area contributed by atoms with Crippen LogP contribution in [0.3, 0.4) is 0 Å². The minimum atomic E-state index is -0.177. The molecule has 0 aliphatic carbocycles. The van der Waals surface area contributed by atoms with Gasteiger partial charge in [-0.2, -0.15) is 5.10 Å². The molecule has 8 heteroatoms. The summed E-state index contributed by atoms with van der Waals surface area (Å²) in [5, 5.41) is 8.39. The van der Waals surface area contributed by atoms with E-state index in [1.807, 2.05) is 38.2 Å². The van der Waals surface area contributed by atoms with Crippen LogP contribution in [0, 0.1) is 6.92 Å². The quantitative estimate of drug-likeness (QED) is 0.478. The maximum atomic E-state index is 13.4. The SMILES string of the molecule is Cc1nn(C)c2nc(-c3ccco3)cc(C(=O)NC3CCOc4ccc(Br)cc43)c12. The lowest BCUT2D eigenvalue weighted by Gasteiger charge is -2.27. The van der Waals surface area contributed by atoms with Gasteiger partial charge in [0.1, 0.15) is 11.4 Å². The maximum absolute atomic E-state index is 13.4. The number of carbonyl (C=O) groups excluding carboxylic acids is 1. The summed E-state index contributed by atoms with van der Waals surface area (Å²) in [6.45, 7) is 2.43. The summed E-state index contributed by atoms with van der Waals surface area (Å²) < 4.78 is 13.9. The minimum absolute atomic E-state index is 0.147. The molecule has 4 aromatic rings. The van der Waals surface area contributed by atoms with Gasteiger partial charge >= 0.3 is 0 Å². The van der Waals surface area contributed by atoms with E-state index in [1.54, 1.807) is 23.1 Å². The molecular weight excluding hydrogens is 448 g/mol. The van der Waals surface area contributed by atoms with E-state index < -0.39 is 0 Å². The van der Waals surface area contributed by atoms with Crippen molar-refractivity contribution in [1.82, 2.24) is 20.1 Å². The third-order valence-corrected chi connectivity index (χ3v) is 5.80. The minimum Gasteiger partial charge on any atom is -0.493 e. The van der Waals surface area contributed by atoms with Crippen LogP contribution in [-0.2, 0) is 7.05 Å². The van der Waals surface area contributed by atoms with E-state index in [0.29, 0.717) is 35.7 Å². The normalized spacial score (nSPS) is 15.6. The first-order valence-electron chi connectivity index (χ1n) is 9.62. The van der Waals surface area contributed by atoms with Gasteiger partial charge in [0.15, 0.2) is 11.4 Å². The van der Waals surface area contributed by atoms with Crippen molar-refractivity contribution in [3.8, 4) is 17.2 Å². The second-order valence-electron chi connectivity index (χ2n) is 7.29. The van der Waals surface area contributed by atoms with Gasteiger partial charge in [-0.15, -0.1) is 0 Å². The van der Waals surface area contributed by atoms with Gasteiger partial charge in [0.05, 0.1) is 35.6 Å². The summed E-state index contributed by atoms with van der Waals surface area (Å²) in [6.07, 6.45) is 2.28. The first-order chi connectivity index (χ1) is 14.5. The molecule has 1 aromatic carbocycles. The van der Waals surface area contributed by atoms with Crippen LogP contribution in [0.25, 0.3) is 22.5 Å². The number of hydrogen-bond donors (Lipinski definition) is 1. The van der Waals surface area contributed by atoms with Crippen LogP contribution in [0.1, 0.15) is 34.1 Å². The largest absolute Gasteiger partial charge is 0.493 e. The second kappa shape index (κ2) is 7.28. The number of rotatable bonds is 3. The van der Waals surface area contributed by atoms with Crippen LogP contribution in [0.4, 0.5) is 0 Å². The Balaban J connectivity index is 1.58. The Labute approximate surface area is 181 Å². The molecule has 0 fully saturated rings. The molecule has 5 rings (SSSR count). The lowest BCUT2D eigenvalue weighted by Crippen LogP contribution is -2.32. The first kappa shape index (κ1) is 18.9. The van der Waals surface area contributed by atoms with Crippen molar-refractivity contribution in [2.24, 2.45) is 7.05 Å². The molecule has 0 saturated carbocycles. The molecule has 0 saturated heterocycles. The highest BCUT2D eigenvalue weighted by molar-refractivity contribution is 9.10. The number of pyridine rings is 1. The van der Waals surface area contributed by atoms with Gasteiger partial charge in [0.25, 0.3) is 5.91 Å². The lowest BCUT2D eigenvalue weighted by molar-refractivity contribution is 0.0926. The van der Waals surface area contributed by atoms with Crippen LogP contribution in [0.15, 0.2) is 51.6 Å². The predicted molar refractivity (Wildman–Crippen MR) is 115 cm³/mol. The highest BCUT2D eigenvalue weighted by Crippen LogP contribution is 2.35. The molecular formula is C22H19BrN4O3. The number of fused-ring (bicyclic) bond motifs is 2. The van der Waals surface area contributed by atoms with E-state index in [9.17, 15) is 4.79 Å². The fourth-order valence-electron chi connectivity index (χ4n) is 3.93. The van der Waals surface area contributed by atoms with Crippen molar-refractivity contribution in [1.29, 1.82) is 0 Å². The highest BCUT2D eigenvalue weighted by atomic mass is 79.9. The van der Waals surface area contributed by atoms with Crippen LogP contribution in [0.5, 0.6) is 5.75 Å². The first-order valence-corrected chi connectivity index (χ1v) is 10.4. The fraction of sp³-hybridized carbons (Fsp3) is 0.227. The van der Waals surface area contributed by atoms with Gasteiger partial charge in [-0.3, -0.25) is 9.48 Å². The van der Waals surface area contributed by atoms with Gasteiger partial charge in [0, 0.05) is 23.5 Å². The number of amides is 1. The van der Waals surface area contributed by atoms with Crippen molar-refractivity contribution < 1.29 is 13.9 Å². The zero-order valence-corrected chi connectivity index (χ0v) is 18.1. The average molecular weight is 467 g/mol. The molecule has 1 atom stereocenters. The van der Waals surface area contributed by atoms with Crippen LogP contribution in [0.2, 0.25) is 0 Å². The summed E-state index contributed by atoms with van der Waals surface area (Å²) in [7, 11) is 1.82. The monoisotopic (exact) mass is 466 g/mol. The van der Waals surface area contributed by atoms with Gasteiger partial charge in [-0.1, -0.05) is 15.9 Å². The summed E-state index contributed by atoms with van der Waals surface area (Å²) in [5.74, 6) is 1.22. The molecule has 0 radical (unpaired) electrons. The van der Waals surface area contributed by atoms with Crippen molar-refractivity contribution in [2.75, 3.05) is 6.61 Å². The Morgan fingerprint density at radius 2 is 2.17 bits per heavy atom. The van der Waals surface area contributed by atoms with Gasteiger partial charge < -0.3 is 14.5 Å². The number of benzene rings is 1. The Morgan fingerprint density at radius 3 is 2.97 bits per heavy atom. The highest BCUT2D eigenvalue weighted by Gasteiger charge is 2.26. The molecule has 3 aromatic heterocycles. The summed E-state index contributed by atoms with van der Waals surface area (Å²) in [6, 6.07) is 11.1. The van der Waals surface area contributed by atoms with E-state index in [0.717, 1.165) is 26.9 Å². The maximum Gasteiger partial charge on any atom is 0.252 e. The zero-order chi connectivity index (χ0) is 20.8. The number of aromatic nitrogens is 3. The van der Waals surface area contributed by atoms with Crippen LogP contribution in [-0.4, -0.2) is 27.3 Å². The molecule has 1 aliphatic rings. The van der Waals surface area contributed by atoms with Crippen LogP contribution >= 0.6 is 15.9 Å². The predicted octanol–water partition coefficient (Wildman–Crippen LogP) is 4.55. The third kappa shape index (κ3) is 3.17. The number of halogens is 1. The van der Waals surface area contributed by atoms with Crippen LogP contribution < -0.4 is 10.1 Å². The number of nitrogens with zero attached hydrogens (tertiary/aromatic N) is 3. The number of ether oxygens (including phenoxy) is 1. The van der Waals surface area contributed by atoms with Crippen molar-refractivity contribution in [2.45, 2.75) is 19.4 Å². The number of hydrogen-bond acceptors (Lipinski definition) is 5. The van der Waals surface area contributed by atoms with Gasteiger partial charge in [0.2, 0.25) is 0 Å². The van der Waals surface area contributed by atoms with Crippen molar-refractivity contribution >= 4 is 32.9 Å². The number of aryl methyl sites for hydroxylation is 2. The molecule has 1 N–H and O–H groups in total. The average Bonchev–Trinajstić information content (AvgIpc) is 3.36. The molecule has 30 heavy (non-hydrogen) atoms. The Morgan fingerprint density at radius 1 is 1.30 bits per heavy atom. The van der Waals surface area contributed by atoms with Crippen molar-refractivity contribution in [3.63, 3.8) is 0 Å². The molecule has 0 bridgehead atoms. The smallest absolute Gasteiger partial charge is 0.252 e. The Hall–Kier alpha value is -3.13. The Bertz CT molecular complexity index is 1260. The molecule has 1 amide bonds. The molecule has 152 valence electrons. The van der Waals surface area contributed by atoms with Crippen molar-refractivity contribution in [3.05, 3.63) is 64.0 Å². The van der Waals surface area contributed by atoms with Gasteiger partial charge in [-0.05, 0) is 43.3 Å². The van der Waals surface area contributed by atoms with E-state index in [4.69, 9.17) is 9.15 Å². The molecule has 1 unspecified atom stereocenters. The number of nitrogens with one attached hydrogen (secondary N) is 1. The summed E-state index contributed by atoms with van der Waals surface area (Å²) >= 11 is 3.51.